The largest absolute Gasteiger partial charge is 0.466 e. The fraction of sp³-hybridized carbons (Fsp3) is 0.769. The third kappa shape index (κ3) is 6.32. The fourth-order valence-electron chi connectivity index (χ4n) is 1.82. The zero-order valence-electron chi connectivity index (χ0n) is 9.76. The first kappa shape index (κ1) is 12.3. The molecule has 0 fully saturated rings. The van der Waals surface area contributed by atoms with Crippen LogP contribution >= 0.6 is 0 Å². The average molecular weight is 210 g/mol. The lowest BCUT2D eigenvalue weighted by atomic mass is 10.1. The first-order valence-electron chi connectivity index (χ1n) is 6.10. The Morgan fingerprint density at radius 2 is 1.80 bits per heavy atom. The molecule has 2 heteroatoms. The molecule has 0 saturated heterocycles. The first-order chi connectivity index (χ1) is 7.29. The summed E-state index contributed by atoms with van der Waals surface area (Å²) in [5, 5.41) is 0. The van der Waals surface area contributed by atoms with Gasteiger partial charge in [-0.2, -0.15) is 0 Å². The average Bonchev–Trinajstić information content (AvgIpc) is 2.23. The van der Waals surface area contributed by atoms with Crippen LogP contribution in [0.3, 0.4) is 0 Å². The smallest absolute Gasteiger partial charge is 0.305 e. The molecule has 0 aromatic heterocycles. The summed E-state index contributed by atoms with van der Waals surface area (Å²) in [6.45, 7) is 2.79. The van der Waals surface area contributed by atoms with Crippen molar-refractivity contribution in [2.45, 2.75) is 58.3 Å². The Bertz CT molecular complexity index is 219. The van der Waals surface area contributed by atoms with Crippen molar-refractivity contribution in [1.29, 1.82) is 0 Å². The van der Waals surface area contributed by atoms with Gasteiger partial charge in [-0.25, -0.2) is 0 Å². The van der Waals surface area contributed by atoms with Crippen LogP contribution in [0.15, 0.2) is 11.6 Å². The van der Waals surface area contributed by atoms with Crippen molar-refractivity contribution in [2.75, 3.05) is 6.61 Å². The second kappa shape index (κ2) is 7.49. The van der Waals surface area contributed by atoms with Crippen LogP contribution in [0.2, 0.25) is 0 Å². The summed E-state index contributed by atoms with van der Waals surface area (Å²) >= 11 is 0. The molecule has 86 valence electrons. The number of hydrogen-bond donors (Lipinski definition) is 0. The normalized spacial score (nSPS) is 25.1. The number of hydrogen-bond acceptors (Lipinski definition) is 2. The molecule has 0 spiro atoms. The van der Waals surface area contributed by atoms with Gasteiger partial charge in [0.2, 0.25) is 0 Å². The van der Waals surface area contributed by atoms with E-state index >= 15 is 0 Å². The molecular weight excluding hydrogens is 188 g/mol. The summed E-state index contributed by atoms with van der Waals surface area (Å²) in [4.78, 5) is 11.2. The van der Waals surface area contributed by atoms with Crippen LogP contribution in [-0.4, -0.2) is 12.6 Å². The SMILES string of the molecule is C/C1=C/CCCOC(=O)CCCCCC1. The molecule has 15 heavy (non-hydrogen) atoms. The van der Waals surface area contributed by atoms with Gasteiger partial charge in [-0.3, -0.25) is 4.79 Å². The molecule has 0 unspecified atom stereocenters. The Labute approximate surface area is 92.7 Å². The van der Waals surface area contributed by atoms with E-state index in [0.717, 1.165) is 25.7 Å². The predicted octanol–water partition coefficient (Wildman–Crippen LogP) is 3.61. The lowest BCUT2D eigenvalue weighted by Crippen LogP contribution is -2.05. The van der Waals surface area contributed by atoms with Crippen molar-refractivity contribution in [3.8, 4) is 0 Å². The summed E-state index contributed by atoms with van der Waals surface area (Å²) in [7, 11) is 0. The van der Waals surface area contributed by atoms with E-state index in [4.69, 9.17) is 4.74 Å². The standard InChI is InChI=1S/C13H22O2/c1-12-8-4-2-3-5-10-13(14)15-11-7-6-9-12/h9H,2-8,10-11H2,1H3/b12-9-. The first-order valence-corrected chi connectivity index (χ1v) is 6.10. The summed E-state index contributed by atoms with van der Waals surface area (Å²) in [5.74, 6) is -0.0186. The van der Waals surface area contributed by atoms with Crippen LogP contribution in [0.1, 0.15) is 58.3 Å². The molecule has 0 atom stereocenters. The molecule has 0 amide bonds. The fourth-order valence-corrected chi connectivity index (χ4v) is 1.82. The van der Waals surface area contributed by atoms with Gasteiger partial charge >= 0.3 is 5.97 Å². The minimum atomic E-state index is -0.0186. The Morgan fingerprint density at radius 1 is 1.07 bits per heavy atom. The Hall–Kier alpha value is -0.790. The van der Waals surface area contributed by atoms with Crippen LogP contribution in [0, 0.1) is 0 Å². The maximum atomic E-state index is 11.2. The summed E-state index contributed by atoms with van der Waals surface area (Å²) in [6, 6.07) is 0. The van der Waals surface area contributed by atoms with Crippen LogP contribution in [0.5, 0.6) is 0 Å². The third-order valence-electron chi connectivity index (χ3n) is 2.81. The van der Waals surface area contributed by atoms with Gasteiger partial charge in [0.25, 0.3) is 0 Å². The van der Waals surface area contributed by atoms with E-state index in [1.54, 1.807) is 0 Å². The molecule has 0 N–H and O–H groups in total. The van der Waals surface area contributed by atoms with Crippen LogP contribution in [0.25, 0.3) is 0 Å². The van der Waals surface area contributed by atoms with Crippen molar-refractivity contribution in [2.24, 2.45) is 0 Å². The van der Waals surface area contributed by atoms with E-state index in [1.165, 1.54) is 24.8 Å². The van der Waals surface area contributed by atoms with Gasteiger partial charge in [0, 0.05) is 6.42 Å². The van der Waals surface area contributed by atoms with Crippen molar-refractivity contribution in [3.05, 3.63) is 11.6 Å². The van der Waals surface area contributed by atoms with Gasteiger partial charge in [0.1, 0.15) is 0 Å². The number of carbonyl (C=O) groups excluding carboxylic acids is 1. The molecule has 1 rings (SSSR count). The second-order valence-corrected chi connectivity index (χ2v) is 4.33. The summed E-state index contributed by atoms with van der Waals surface area (Å²) < 4.78 is 5.12. The van der Waals surface area contributed by atoms with Gasteiger partial charge in [0.05, 0.1) is 6.61 Å². The number of cyclic esters (lactones) is 1. The highest BCUT2D eigenvalue weighted by Gasteiger charge is 2.03. The number of allylic oxidation sites excluding steroid dienone is 2. The highest BCUT2D eigenvalue weighted by atomic mass is 16.5. The van der Waals surface area contributed by atoms with Crippen molar-refractivity contribution < 1.29 is 9.53 Å². The Kier molecular flexibility index (Phi) is 6.14. The molecule has 0 aromatic carbocycles. The lowest BCUT2D eigenvalue weighted by molar-refractivity contribution is -0.143. The van der Waals surface area contributed by atoms with Crippen LogP contribution in [-0.2, 0) is 9.53 Å². The maximum Gasteiger partial charge on any atom is 0.305 e. The van der Waals surface area contributed by atoms with E-state index in [0.29, 0.717) is 13.0 Å². The zero-order chi connectivity index (χ0) is 10.9. The molecule has 1 heterocycles. The van der Waals surface area contributed by atoms with E-state index in [2.05, 4.69) is 13.0 Å². The van der Waals surface area contributed by atoms with Crippen molar-refractivity contribution in [1.82, 2.24) is 0 Å². The van der Waals surface area contributed by atoms with Gasteiger partial charge in [-0.1, -0.05) is 24.5 Å². The minimum absolute atomic E-state index is 0.0186. The van der Waals surface area contributed by atoms with E-state index < -0.39 is 0 Å². The van der Waals surface area contributed by atoms with Crippen molar-refractivity contribution >= 4 is 5.97 Å². The van der Waals surface area contributed by atoms with Gasteiger partial charge in [-0.15, -0.1) is 0 Å². The molecule has 2 nitrogen and oxygen atoms in total. The monoisotopic (exact) mass is 210 g/mol. The number of rotatable bonds is 0. The van der Waals surface area contributed by atoms with E-state index in [-0.39, 0.29) is 5.97 Å². The summed E-state index contributed by atoms with van der Waals surface area (Å²) in [6.07, 6.45) is 10.7. The highest BCUT2D eigenvalue weighted by molar-refractivity contribution is 5.69. The van der Waals surface area contributed by atoms with Crippen molar-refractivity contribution in [3.63, 3.8) is 0 Å². The molecule has 0 aromatic rings. The number of ether oxygens (including phenoxy) is 1. The van der Waals surface area contributed by atoms with Gasteiger partial charge in [0.15, 0.2) is 0 Å². The number of esters is 1. The Morgan fingerprint density at radius 3 is 2.60 bits per heavy atom. The van der Waals surface area contributed by atoms with Gasteiger partial charge < -0.3 is 4.74 Å². The summed E-state index contributed by atoms with van der Waals surface area (Å²) in [5.41, 5.74) is 1.49. The van der Waals surface area contributed by atoms with E-state index in [1.807, 2.05) is 0 Å². The second-order valence-electron chi connectivity index (χ2n) is 4.33. The van der Waals surface area contributed by atoms with Crippen LogP contribution in [0.4, 0.5) is 0 Å². The molecule has 0 bridgehead atoms. The predicted molar refractivity (Wildman–Crippen MR) is 61.7 cm³/mol. The molecule has 0 radical (unpaired) electrons. The molecule has 0 saturated carbocycles. The van der Waals surface area contributed by atoms with Crippen LogP contribution < -0.4 is 0 Å². The topological polar surface area (TPSA) is 26.3 Å². The third-order valence-corrected chi connectivity index (χ3v) is 2.81. The van der Waals surface area contributed by atoms with E-state index in [9.17, 15) is 4.79 Å². The van der Waals surface area contributed by atoms with Gasteiger partial charge in [-0.05, 0) is 39.0 Å². The molecular formula is C13H22O2. The molecule has 0 aliphatic carbocycles. The maximum absolute atomic E-state index is 11.2. The minimum Gasteiger partial charge on any atom is -0.466 e. The highest BCUT2D eigenvalue weighted by Crippen LogP contribution is 2.13. The Balaban J connectivity index is 2.32. The molecule has 1 aliphatic heterocycles. The number of carbonyl (C=O) groups is 1. The lowest BCUT2D eigenvalue weighted by Gasteiger charge is -2.02. The zero-order valence-corrected chi connectivity index (χ0v) is 9.76. The quantitative estimate of drug-likeness (QED) is 0.451. The molecule has 1 aliphatic rings.